The van der Waals surface area contributed by atoms with Crippen LogP contribution in [0.3, 0.4) is 0 Å². The first-order valence-corrected chi connectivity index (χ1v) is 7.44. The number of thiophene rings is 1. The van der Waals surface area contributed by atoms with Crippen molar-refractivity contribution >= 4 is 39.3 Å². The second kappa shape index (κ2) is 6.18. The maximum atomic E-state index is 8.88. The molecule has 0 saturated carbocycles. The predicted octanol–water partition coefficient (Wildman–Crippen LogP) is 2.60. The Balaban J connectivity index is 2.29. The first kappa shape index (κ1) is 12.6. The summed E-state index contributed by atoms with van der Waals surface area (Å²) in [6.45, 7) is 3.15. The molecule has 0 amide bonds. The molecule has 0 aromatic carbocycles. The van der Waals surface area contributed by atoms with Crippen LogP contribution in [0.25, 0.3) is 10.2 Å². The third-order valence-corrected chi connectivity index (χ3v) is 4.13. The Kier molecular flexibility index (Phi) is 4.58. The number of thioether (sulfide) groups is 1. The third kappa shape index (κ3) is 3.08. The Morgan fingerprint density at radius 3 is 3.12 bits per heavy atom. The van der Waals surface area contributed by atoms with E-state index in [4.69, 9.17) is 5.11 Å². The molecule has 0 saturated heterocycles. The van der Waals surface area contributed by atoms with E-state index >= 15 is 0 Å². The second-order valence-corrected chi connectivity index (χ2v) is 5.49. The van der Waals surface area contributed by atoms with Gasteiger partial charge in [-0.3, -0.25) is 0 Å². The largest absolute Gasteiger partial charge is 0.396 e. The van der Waals surface area contributed by atoms with Crippen LogP contribution in [0.5, 0.6) is 0 Å². The van der Waals surface area contributed by atoms with E-state index in [0.29, 0.717) is 11.7 Å². The van der Waals surface area contributed by atoms with Crippen molar-refractivity contribution in [3.05, 3.63) is 11.4 Å². The maximum absolute atomic E-state index is 8.88. The van der Waals surface area contributed by atoms with Gasteiger partial charge in [-0.15, -0.1) is 23.1 Å². The van der Waals surface area contributed by atoms with E-state index in [0.717, 1.165) is 28.2 Å². The average molecular weight is 269 g/mol. The minimum absolute atomic E-state index is 0.166. The molecule has 0 unspecified atom stereocenters. The molecule has 17 heavy (non-hydrogen) atoms. The zero-order valence-electron chi connectivity index (χ0n) is 9.64. The van der Waals surface area contributed by atoms with E-state index in [1.54, 1.807) is 23.1 Å². The maximum Gasteiger partial charge on any atom is 0.224 e. The quantitative estimate of drug-likeness (QED) is 0.623. The van der Waals surface area contributed by atoms with E-state index in [1.807, 2.05) is 11.4 Å². The molecule has 4 nitrogen and oxygen atoms in total. The molecule has 0 fully saturated rings. The van der Waals surface area contributed by atoms with E-state index in [2.05, 4.69) is 22.2 Å². The Bertz CT molecular complexity index is 487. The molecule has 0 bridgehead atoms. The number of aromatic nitrogens is 2. The van der Waals surface area contributed by atoms with Crippen LogP contribution in [-0.2, 0) is 0 Å². The van der Waals surface area contributed by atoms with Crippen molar-refractivity contribution < 1.29 is 5.11 Å². The van der Waals surface area contributed by atoms with Crippen molar-refractivity contribution in [3.63, 3.8) is 0 Å². The number of nitrogens with one attached hydrogen (secondary N) is 1. The summed E-state index contributed by atoms with van der Waals surface area (Å²) in [6, 6.07) is 2.00. The highest BCUT2D eigenvalue weighted by atomic mass is 32.2. The van der Waals surface area contributed by atoms with E-state index in [-0.39, 0.29) is 6.61 Å². The molecule has 0 radical (unpaired) electrons. The number of hydrogen-bond acceptors (Lipinski definition) is 6. The minimum Gasteiger partial charge on any atom is -0.396 e. The number of anilines is 1. The van der Waals surface area contributed by atoms with Crippen LogP contribution in [0.2, 0.25) is 0 Å². The number of nitrogens with zero attached hydrogens (tertiary/aromatic N) is 2. The summed E-state index contributed by atoms with van der Waals surface area (Å²) in [5.41, 5.74) is 0.976. The summed E-state index contributed by atoms with van der Waals surface area (Å²) in [5.74, 6) is 1.34. The van der Waals surface area contributed by atoms with Crippen LogP contribution in [-0.4, -0.2) is 34.0 Å². The van der Waals surface area contributed by atoms with Gasteiger partial charge in [0.05, 0.1) is 16.8 Å². The zero-order valence-corrected chi connectivity index (χ0v) is 11.3. The molecule has 0 spiro atoms. The van der Waals surface area contributed by atoms with Gasteiger partial charge in [-0.1, -0.05) is 6.92 Å². The fourth-order valence-electron chi connectivity index (χ4n) is 1.39. The number of aliphatic hydroxyl groups is 1. The van der Waals surface area contributed by atoms with Crippen LogP contribution in [0, 0.1) is 0 Å². The summed E-state index contributed by atoms with van der Waals surface area (Å²) in [6.07, 6.45) is 1.05. The fraction of sp³-hybridized carbons (Fsp3) is 0.455. The van der Waals surface area contributed by atoms with Crippen molar-refractivity contribution in [3.8, 4) is 0 Å². The molecular weight excluding hydrogens is 254 g/mol. The third-order valence-electron chi connectivity index (χ3n) is 2.14. The molecular formula is C11H15N3OS2. The van der Waals surface area contributed by atoms with Crippen LogP contribution in [0.15, 0.2) is 16.5 Å². The molecule has 2 rings (SSSR count). The first-order chi connectivity index (χ1) is 8.35. The average Bonchev–Trinajstić information content (AvgIpc) is 2.81. The molecule has 0 aliphatic heterocycles. The summed E-state index contributed by atoms with van der Waals surface area (Å²) >= 11 is 3.21. The number of rotatable bonds is 6. The van der Waals surface area contributed by atoms with Crippen molar-refractivity contribution in [2.75, 3.05) is 24.2 Å². The van der Waals surface area contributed by atoms with Gasteiger partial charge in [0.15, 0.2) is 0 Å². The fourth-order valence-corrected chi connectivity index (χ4v) is 3.10. The lowest BCUT2D eigenvalue weighted by Crippen LogP contribution is -2.04. The molecule has 6 heteroatoms. The van der Waals surface area contributed by atoms with Gasteiger partial charge in [0.2, 0.25) is 5.95 Å². The molecule has 2 heterocycles. The monoisotopic (exact) mass is 269 g/mol. The molecule has 0 aliphatic rings. The summed E-state index contributed by atoms with van der Waals surface area (Å²) in [5, 5.41) is 15.1. The predicted molar refractivity (Wildman–Crippen MR) is 74.0 cm³/mol. The van der Waals surface area contributed by atoms with Gasteiger partial charge in [-0.2, -0.15) is 0 Å². The SMILES string of the molecule is CCCNc1nc(SCCO)c2sccc2n1. The second-order valence-electron chi connectivity index (χ2n) is 3.49. The van der Waals surface area contributed by atoms with Crippen LogP contribution in [0.4, 0.5) is 5.95 Å². The van der Waals surface area contributed by atoms with Gasteiger partial charge in [-0.05, 0) is 17.9 Å². The van der Waals surface area contributed by atoms with Gasteiger partial charge >= 0.3 is 0 Å². The molecule has 0 aliphatic carbocycles. The normalized spacial score (nSPS) is 10.9. The lowest BCUT2D eigenvalue weighted by molar-refractivity contribution is 0.322. The van der Waals surface area contributed by atoms with Crippen molar-refractivity contribution in [2.45, 2.75) is 18.4 Å². The van der Waals surface area contributed by atoms with E-state index in [1.165, 1.54) is 0 Å². The van der Waals surface area contributed by atoms with Gasteiger partial charge in [0.25, 0.3) is 0 Å². The highest BCUT2D eigenvalue weighted by molar-refractivity contribution is 7.99. The summed E-state index contributed by atoms with van der Waals surface area (Å²) in [7, 11) is 0. The molecule has 92 valence electrons. The van der Waals surface area contributed by atoms with Gasteiger partial charge in [0, 0.05) is 12.3 Å². The van der Waals surface area contributed by atoms with E-state index in [9.17, 15) is 0 Å². The summed E-state index contributed by atoms with van der Waals surface area (Å²) < 4.78 is 1.10. The number of aliphatic hydroxyl groups excluding tert-OH is 1. The highest BCUT2D eigenvalue weighted by Gasteiger charge is 2.08. The zero-order chi connectivity index (χ0) is 12.1. The van der Waals surface area contributed by atoms with Crippen LogP contribution >= 0.6 is 23.1 Å². The first-order valence-electron chi connectivity index (χ1n) is 5.58. The van der Waals surface area contributed by atoms with Gasteiger partial charge < -0.3 is 10.4 Å². The lowest BCUT2D eigenvalue weighted by atomic mass is 10.4. The molecule has 2 N–H and O–H groups in total. The van der Waals surface area contributed by atoms with Gasteiger partial charge in [-0.25, -0.2) is 9.97 Å². The van der Waals surface area contributed by atoms with Crippen LogP contribution < -0.4 is 5.32 Å². The van der Waals surface area contributed by atoms with Crippen molar-refractivity contribution in [1.82, 2.24) is 9.97 Å². The Morgan fingerprint density at radius 2 is 2.35 bits per heavy atom. The summed E-state index contributed by atoms with van der Waals surface area (Å²) in [4.78, 5) is 8.94. The number of fused-ring (bicyclic) bond motifs is 1. The smallest absolute Gasteiger partial charge is 0.224 e. The minimum atomic E-state index is 0.166. The Morgan fingerprint density at radius 1 is 1.47 bits per heavy atom. The van der Waals surface area contributed by atoms with Crippen molar-refractivity contribution in [2.24, 2.45) is 0 Å². The Labute approximate surface area is 108 Å². The van der Waals surface area contributed by atoms with Gasteiger partial charge in [0.1, 0.15) is 5.03 Å². The Hall–Kier alpha value is -0.850. The van der Waals surface area contributed by atoms with E-state index < -0.39 is 0 Å². The number of hydrogen-bond donors (Lipinski definition) is 2. The lowest BCUT2D eigenvalue weighted by Gasteiger charge is -2.06. The standard InChI is InChI=1S/C11H15N3OS2/c1-2-4-12-11-13-8-3-6-16-9(8)10(14-11)17-7-5-15/h3,6,15H,2,4-5,7H2,1H3,(H,12,13,14). The highest BCUT2D eigenvalue weighted by Crippen LogP contribution is 2.30. The topological polar surface area (TPSA) is 58.0 Å². The molecule has 0 atom stereocenters. The molecule has 2 aromatic heterocycles. The van der Waals surface area contributed by atoms with Crippen molar-refractivity contribution in [1.29, 1.82) is 0 Å². The molecule has 2 aromatic rings. The van der Waals surface area contributed by atoms with Crippen LogP contribution in [0.1, 0.15) is 13.3 Å².